The standard InChI is InChI=1S/C21H25N3O5/c1-10-5-6-12-11(9-10)21(19(29)22-12)16-15(13(23-21)7-8-14(25)26)17(27)24(18(16)28)20(2,3)4/h5-6,9,13,15-16,23H,7-8H2,1-4H3,(H,22,29)(H,25,26). The molecule has 1 aromatic carbocycles. The molecule has 29 heavy (non-hydrogen) atoms. The molecule has 8 heteroatoms. The number of amides is 3. The lowest BCUT2D eigenvalue weighted by Crippen LogP contribution is -2.55. The van der Waals surface area contributed by atoms with E-state index in [9.17, 15) is 19.2 Å². The number of aliphatic carboxylic acids is 1. The van der Waals surface area contributed by atoms with Crippen molar-refractivity contribution in [2.24, 2.45) is 11.8 Å². The predicted molar refractivity (Wildman–Crippen MR) is 104 cm³/mol. The van der Waals surface area contributed by atoms with Crippen LogP contribution < -0.4 is 10.6 Å². The number of carboxylic acids is 1. The van der Waals surface area contributed by atoms with Crippen molar-refractivity contribution in [3.05, 3.63) is 29.3 Å². The van der Waals surface area contributed by atoms with Gasteiger partial charge in [-0.25, -0.2) is 0 Å². The average molecular weight is 399 g/mol. The van der Waals surface area contributed by atoms with Crippen molar-refractivity contribution in [1.82, 2.24) is 10.2 Å². The first kappa shape index (κ1) is 19.6. The maximum Gasteiger partial charge on any atom is 0.303 e. The molecule has 1 aromatic rings. The molecule has 3 N–H and O–H groups in total. The minimum absolute atomic E-state index is 0.156. The molecule has 3 amide bonds. The monoisotopic (exact) mass is 399 g/mol. The van der Waals surface area contributed by atoms with E-state index in [1.165, 1.54) is 4.90 Å². The van der Waals surface area contributed by atoms with Gasteiger partial charge >= 0.3 is 5.97 Å². The zero-order chi connectivity index (χ0) is 21.3. The van der Waals surface area contributed by atoms with Gasteiger partial charge in [-0.15, -0.1) is 0 Å². The van der Waals surface area contributed by atoms with E-state index in [0.717, 1.165) is 5.56 Å². The largest absolute Gasteiger partial charge is 0.481 e. The summed E-state index contributed by atoms with van der Waals surface area (Å²) in [7, 11) is 0. The van der Waals surface area contributed by atoms with Crippen molar-refractivity contribution in [2.45, 2.75) is 57.7 Å². The van der Waals surface area contributed by atoms with Crippen LogP contribution in [0.3, 0.4) is 0 Å². The van der Waals surface area contributed by atoms with Crippen LogP contribution in [0.25, 0.3) is 0 Å². The Morgan fingerprint density at radius 1 is 1.21 bits per heavy atom. The van der Waals surface area contributed by atoms with Gasteiger partial charge in [-0.3, -0.25) is 29.4 Å². The van der Waals surface area contributed by atoms with Gasteiger partial charge in [0.15, 0.2) is 0 Å². The zero-order valence-corrected chi connectivity index (χ0v) is 16.9. The average Bonchev–Trinajstić information content (AvgIpc) is 3.18. The summed E-state index contributed by atoms with van der Waals surface area (Å²) in [5.74, 6) is -3.78. The van der Waals surface area contributed by atoms with Crippen molar-refractivity contribution in [2.75, 3.05) is 5.32 Å². The van der Waals surface area contributed by atoms with Crippen molar-refractivity contribution < 1.29 is 24.3 Å². The molecule has 4 atom stereocenters. The van der Waals surface area contributed by atoms with Gasteiger partial charge in [0.2, 0.25) is 17.7 Å². The van der Waals surface area contributed by atoms with Crippen LogP contribution in [-0.2, 0) is 24.7 Å². The molecule has 2 fully saturated rings. The maximum absolute atomic E-state index is 13.5. The fraction of sp³-hybridized carbons (Fsp3) is 0.524. The fourth-order valence-electron chi connectivity index (χ4n) is 5.10. The number of carboxylic acid groups (broad SMARTS) is 1. The molecule has 0 aromatic heterocycles. The topological polar surface area (TPSA) is 116 Å². The van der Waals surface area contributed by atoms with Gasteiger partial charge in [-0.05, 0) is 40.2 Å². The summed E-state index contributed by atoms with van der Waals surface area (Å²) in [6, 6.07) is 4.93. The van der Waals surface area contributed by atoms with Gasteiger partial charge in [-0.2, -0.15) is 0 Å². The fourth-order valence-corrected chi connectivity index (χ4v) is 5.10. The highest BCUT2D eigenvalue weighted by Crippen LogP contribution is 2.54. The molecule has 154 valence electrons. The molecule has 0 saturated carbocycles. The number of carbonyl (C=O) groups is 4. The Kier molecular flexibility index (Phi) is 4.13. The Balaban J connectivity index is 1.88. The summed E-state index contributed by atoms with van der Waals surface area (Å²) in [5.41, 5.74) is 0.0765. The van der Waals surface area contributed by atoms with Gasteiger partial charge in [0, 0.05) is 29.3 Å². The Morgan fingerprint density at radius 3 is 2.52 bits per heavy atom. The van der Waals surface area contributed by atoms with Gasteiger partial charge in [-0.1, -0.05) is 17.7 Å². The molecule has 3 aliphatic heterocycles. The number of benzene rings is 1. The number of nitrogens with one attached hydrogen (secondary N) is 2. The van der Waals surface area contributed by atoms with Crippen LogP contribution in [-0.4, -0.2) is 45.3 Å². The Bertz CT molecular complexity index is 950. The number of hydrogen-bond acceptors (Lipinski definition) is 5. The minimum Gasteiger partial charge on any atom is -0.481 e. The lowest BCUT2D eigenvalue weighted by molar-refractivity contribution is -0.148. The summed E-state index contributed by atoms with van der Waals surface area (Å²) in [5, 5.41) is 15.2. The maximum atomic E-state index is 13.5. The van der Waals surface area contributed by atoms with Crippen molar-refractivity contribution in [3.63, 3.8) is 0 Å². The highest BCUT2D eigenvalue weighted by atomic mass is 16.4. The van der Waals surface area contributed by atoms with Crippen LogP contribution in [0.15, 0.2) is 18.2 Å². The van der Waals surface area contributed by atoms with Crippen LogP contribution in [0.5, 0.6) is 0 Å². The summed E-state index contributed by atoms with van der Waals surface area (Å²) in [6.07, 6.45) is -0.0000689. The molecule has 4 rings (SSSR count). The van der Waals surface area contributed by atoms with E-state index in [1.807, 2.05) is 19.1 Å². The van der Waals surface area contributed by atoms with E-state index in [0.29, 0.717) is 11.3 Å². The number of aryl methyl sites for hydroxylation is 1. The molecule has 3 aliphatic rings. The number of likely N-dealkylation sites (tertiary alicyclic amines) is 1. The normalized spacial score (nSPS) is 30.7. The molecule has 1 spiro atoms. The molecule has 4 unspecified atom stereocenters. The van der Waals surface area contributed by atoms with Gasteiger partial charge in [0.05, 0.1) is 11.8 Å². The second-order valence-electron chi connectivity index (χ2n) is 9.18. The van der Waals surface area contributed by atoms with Gasteiger partial charge in [0.1, 0.15) is 5.54 Å². The molecule has 8 nitrogen and oxygen atoms in total. The Labute approximate surface area is 168 Å². The van der Waals surface area contributed by atoms with E-state index in [2.05, 4.69) is 10.6 Å². The third kappa shape index (κ3) is 2.62. The summed E-state index contributed by atoms with van der Waals surface area (Å²) >= 11 is 0. The quantitative estimate of drug-likeness (QED) is 0.662. The molecular formula is C21H25N3O5. The van der Waals surface area contributed by atoms with Crippen LogP contribution >= 0.6 is 0 Å². The number of anilines is 1. The van der Waals surface area contributed by atoms with E-state index in [1.54, 1.807) is 26.8 Å². The minimum atomic E-state index is -1.37. The highest BCUT2D eigenvalue weighted by molar-refractivity contribution is 6.15. The lowest BCUT2D eigenvalue weighted by atomic mass is 9.76. The SMILES string of the molecule is Cc1ccc2c(c1)C1(NC(CCC(=O)O)C3C(=O)N(C(C)(C)C)C(=O)C31)C(=O)N2. The first-order valence-electron chi connectivity index (χ1n) is 9.78. The van der Waals surface area contributed by atoms with Crippen LogP contribution in [0.2, 0.25) is 0 Å². The van der Waals surface area contributed by atoms with Crippen molar-refractivity contribution in [3.8, 4) is 0 Å². The molecular weight excluding hydrogens is 374 g/mol. The van der Waals surface area contributed by atoms with Crippen LogP contribution in [0, 0.1) is 18.8 Å². The highest BCUT2D eigenvalue weighted by Gasteiger charge is 2.71. The third-order valence-corrected chi connectivity index (χ3v) is 6.21. The van der Waals surface area contributed by atoms with Gasteiger partial charge in [0.25, 0.3) is 0 Å². The van der Waals surface area contributed by atoms with Gasteiger partial charge < -0.3 is 10.4 Å². The smallest absolute Gasteiger partial charge is 0.303 e. The first-order valence-corrected chi connectivity index (χ1v) is 9.78. The number of rotatable bonds is 3. The second-order valence-corrected chi connectivity index (χ2v) is 9.18. The number of nitrogens with zero attached hydrogens (tertiary/aromatic N) is 1. The van der Waals surface area contributed by atoms with Crippen LogP contribution in [0.1, 0.15) is 44.7 Å². The van der Waals surface area contributed by atoms with Crippen molar-refractivity contribution in [1.29, 1.82) is 0 Å². The summed E-state index contributed by atoms with van der Waals surface area (Å²) < 4.78 is 0. The van der Waals surface area contributed by atoms with E-state index >= 15 is 0 Å². The van der Waals surface area contributed by atoms with Crippen molar-refractivity contribution >= 4 is 29.4 Å². The molecule has 0 aliphatic carbocycles. The van der Waals surface area contributed by atoms with E-state index in [-0.39, 0.29) is 30.6 Å². The number of fused-ring (bicyclic) bond motifs is 4. The first-order chi connectivity index (χ1) is 13.5. The molecule has 2 saturated heterocycles. The summed E-state index contributed by atoms with van der Waals surface area (Å²) in [6.45, 7) is 7.24. The molecule has 3 heterocycles. The molecule has 0 bridgehead atoms. The number of carbonyl (C=O) groups excluding carboxylic acids is 3. The van der Waals surface area contributed by atoms with E-state index < -0.39 is 34.9 Å². The predicted octanol–water partition coefficient (Wildman–Crippen LogP) is 1.38. The number of hydrogen-bond donors (Lipinski definition) is 3. The zero-order valence-electron chi connectivity index (χ0n) is 16.9. The summed E-state index contributed by atoms with van der Waals surface area (Å²) in [4.78, 5) is 52.5. The van der Waals surface area contributed by atoms with Crippen LogP contribution in [0.4, 0.5) is 5.69 Å². The lowest BCUT2D eigenvalue weighted by Gasteiger charge is -2.34. The molecule has 0 radical (unpaired) electrons. The second kappa shape index (κ2) is 6.13. The number of imide groups is 1. The third-order valence-electron chi connectivity index (χ3n) is 6.21. The van der Waals surface area contributed by atoms with E-state index in [4.69, 9.17) is 5.11 Å². The Hall–Kier alpha value is -2.74. The Morgan fingerprint density at radius 2 is 1.90 bits per heavy atom.